The van der Waals surface area contributed by atoms with Crippen molar-refractivity contribution in [2.75, 3.05) is 0 Å². The first kappa shape index (κ1) is 25.5. The van der Waals surface area contributed by atoms with Crippen LogP contribution in [-0.2, 0) is 16.5 Å². The number of thioether (sulfide) groups is 1. The van der Waals surface area contributed by atoms with E-state index in [9.17, 15) is 0 Å². The Labute approximate surface area is 205 Å². The lowest BCUT2D eigenvalue weighted by Gasteiger charge is -2.65. The van der Waals surface area contributed by atoms with E-state index >= 15 is 0 Å². The minimum Gasteiger partial charge on any atom is -0.451 e. The number of amidine groups is 1. The van der Waals surface area contributed by atoms with Crippen LogP contribution in [0.1, 0.15) is 25.0 Å². The fraction of sp³-hybridized carbons (Fsp3) is 0.300. The third-order valence-corrected chi connectivity index (χ3v) is 6.87. The summed E-state index contributed by atoms with van der Waals surface area (Å²) in [7, 11) is 31.2. The molecule has 6 nitrogen and oxygen atoms in total. The Kier molecular flexibility index (Phi) is 6.89. The summed E-state index contributed by atoms with van der Waals surface area (Å²) in [6.07, 6.45) is 1.14. The standard InChI is InChI=1S/C20H18B6N5OS/c1-9(10(2)28)14-13(7-27)15(33-17(14)30)16(29)31-8-11-3-5-12(6-4-11)18(19(21,22)23)20(24,25)32-26-18/h3-7,27-28,30H,8H2,1-2H3,(H2,29,31)/b14-9-,27-7?,28-10?,30-17?. The van der Waals surface area contributed by atoms with Crippen molar-refractivity contribution in [3.63, 3.8) is 0 Å². The van der Waals surface area contributed by atoms with Gasteiger partial charge in [-0.3, -0.25) is 10.4 Å². The van der Waals surface area contributed by atoms with Crippen molar-refractivity contribution < 1.29 is 4.65 Å². The van der Waals surface area contributed by atoms with Crippen molar-refractivity contribution in [1.82, 2.24) is 0 Å². The number of aliphatic imine (C=N–C) groups is 1. The molecule has 33 heavy (non-hydrogen) atoms. The lowest BCUT2D eigenvalue weighted by molar-refractivity contribution is 0.103. The second-order valence-corrected chi connectivity index (χ2v) is 9.13. The Morgan fingerprint density at radius 3 is 2.27 bits per heavy atom. The fourth-order valence-electron chi connectivity index (χ4n) is 3.75. The summed E-state index contributed by atoms with van der Waals surface area (Å²) >= 11 is 1.13. The molecule has 153 valence electrons. The molecule has 5 N–H and O–H groups in total. The number of rotatable bonds is 7. The van der Waals surface area contributed by atoms with Crippen molar-refractivity contribution in [1.29, 1.82) is 16.2 Å². The highest BCUT2D eigenvalue weighted by atomic mass is 32.2. The van der Waals surface area contributed by atoms with Crippen LogP contribution in [0, 0.1) is 16.2 Å². The van der Waals surface area contributed by atoms with Gasteiger partial charge in [0.05, 0.1) is 50.7 Å². The van der Waals surface area contributed by atoms with Crippen molar-refractivity contribution in [3.05, 3.63) is 57.0 Å². The summed E-state index contributed by atoms with van der Waals surface area (Å²) in [5.74, 6) is 0.211. The fourth-order valence-corrected chi connectivity index (χ4v) is 4.76. The van der Waals surface area contributed by atoms with Gasteiger partial charge in [-0.15, -0.1) is 5.11 Å². The van der Waals surface area contributed by atoms with Gasteiger partial charge in [0.15, 0.2) is 0 Å². The molecule has 0 spiro atoms. The number of nitrogens with two attached hydrogens (primary N) is 1. The molecule has 1 aromatic rings. The molecule has 2 aliphatic rings. The molecule has 2 heterocycles. The quantitative estimate of drug-likeness (QED) is 0.287. The zero-order valence-corrected chi connectivity index (χ0v) is 19.2. The Morgan fingerprint density at radius 2 is 1.85 bits per heavy atom. The molecule has 2 aliphatic heterocycles. The van der Waals surface area contributed by atoms with Crippen LogP contribution >= 0.6 is 11.8 Å². The van der Waals surface area contributed by atoms with Gasteiger partial charge >= 0.3 is 7.48 Å². The van der Waals surface area contributed by atoms with E-state index in [2.05, 4.69) is 4.99 Å². The van der Waals surface area contributed by atoms with E-state index in [0.717, 1.165) is 23.5 Å². The van der Waals surface area contributed by atoms with Gasteiger partial charge in [-0.1, -0.05) is 36.0 Å². The van der Waals surface area contributed by atoms with Gasteiger partial charge in [0.1, 0.15) is 10.9 Å². The van der Waals surface area contributed by atoms with Gasteiger partial charge < -0.3 is 21.2 Å². The molecule has 13 heteroatoms. The number of nitrogens with zero attached hydrogens (tertiary/aromatic N) is 1. The first-order chi connectivity index (χ1) is 15.3. The van der Waals surface area contributed by atoms with Crippen LogP contribution in [0.25, 0.3) is 0 Å². The first-order valence-corrected chi connectivity index (χ1v) is 10.7. The van der Waals surface area contributed by atoms with Gasteiger partial charge in [-0.05, 0) is 41.3 Å². The number of hydrogen-bond donors (Lipinski definition) is 4. The molecule has 3 rings (SSSR count). The minimum absolute atomic E-state index is 0.211. The van der Waals surface area contributed by atoms with E-state index in [1.165, 1.54) is 7.48 Å². The lowest BCUT2D eigenvalue weighted by Crippen LogP contribution is -2.74. The molecule has 0 aliphatic carbocycles. The monoisotopic (exact) mass is 442 g/mol. The van der Waals surface area contributed by atoms with E-state index in [4.69, 9.17) is 65.8 Å². The van der Waals surface area contributed by atoms with Crippen LogP contribution < -0.4 is 5.73 Å². The smallest absolute Gasteiger partial charge is 0.301 e. The Morgan fingerprint density at radius 1 is 1.24 bits per heavy atom. The molecular weight excluding hydrogens is 423 g/mol. The Bertz CT molecular complexity index is 1110. The lowest BCUT2D eigenvalue weighted by atomic mass is 9.16. The average Bonchev–Trinajstić information content (AvgIpc) is 3.06. The summed E-state index contributed by atoms with van der Waals surface area (Å²) in [6, 6.07) is 7.08. The van der Waals surface area contributed by atoms with Gasteiger partial charge in [0, 0.05) is 23.1 Å². The van der Waals surface area contributed by atoms with Gasteiger partial charge in [-0.2, -0.15) is 0 Å². The third-order valence-electron chi connectivity index (χ3n) is 5.83. The highest BCUT2D eigenvalue weighted by Crippen LogP contribution is 2.53. The van der Waals surface area contributed by atoms with E-state index in [1.807, 2.05) is 0 Å². The predicted octanol–water partition coefficient (Wildman–Crippen LogP) is 0.942. The maximum atomic E-state index is 8.26. The third kappa shape index (κ3) is 4.25. The molecule has 0 bridgehead atoms. The van der Waals surface area contributed by atoms with Crippen molar-refractivity contribution in [2.24, 2.45) is 10.7 Å². The Hall–Kier alpha value is -2.12. The highest BCUT2D eigenvalue weighted by molar-refractivity contribution is 8.18. The molecule has 0 saturated carbocycles. The summed E-state index contributed by atoms with van der Waals surface area (Å²) in [5, 5.41) is 19.4. The molecule has 11 radical (unpaired) electrons. The number of hydrogen-bond acceptors (Lipinski definition) is 6. The van der Waals surface area contributed by atoms with Crippen LogP contribution in [-0.4, -0.2) is 74.9 Å². The molecule has 1 unspecified atom stereocenters. The maximum Gasteiger partial charge on any atom is 0.301 e. The second-order valence-electron chi connectivity index (χ2n) is 8.11. The molecule has 0 aromatic heterocycles. The van der Waals surface area contributed by atoms with Gasteiger partial charge in [0.25, 0.3) is 0 Å². The van der Waals surface area contributed by atoms with Crippen LogP contribution in [0.5, 0.6) is 0 Å². The van der Waals surface area contributed by atoms with Gasteiger partial charge in [0.2, 0.25) is 0 Å². The zero-order chi connectivity index (χ0) is 24.8. The van der Waals surface area contributed by atoms with Crippen molar-refractivity contribution in [2.45, 2.75) is 36.2 Å². The van der Waals surface area contributed by atoms with Crippen LogP contribution in [0.3, 0.4) is 0 Å². The number of nitrogens with one attached hydrogen (secondary N) is 3. The topological polar surface area (TPSA) is 119 Å². The minimum atomic E-state index is -1.75. The maximum absolute atomic E-state index is 8.26. The summed E-state index contributed by atoms with van der Waals surface area (Å²) in [4.78, 5) is 4.96. The average molecular weight is 441 g/mol. The van der Waals surface area contributed by atoms with E-state index in [1.54, 1.807) is 38.1 Å². The van der Waals surface area contributed by atoms with Crippen molar-refractivity contribution >= 4 is 81.3 Å². The van der Waals surface area contributed by atoms with E-state index in [0.29, 0.717) is 32.9 Å². The van der Waals surface area contributed by atoms with E-state index in [-0.39, 0.29) is 17.4 Å². The summed E-state index contributed by atoms with van der Waals surface area (Å²) < 4.78 is 5.14. The number of benzene rings is 1. The van der Waals surface area contributed by atoms with Crippen LogP contribution in [0.4, 0.5) is 0 Å². The van der Waals surface area contributed by atoms with Crippen molar-refractivity contribution in [3.8, 4) is 0 Å². The molecule has 1 saturated heterocycles. The summed E-state index contributed by atoms with van der Waals surface area (Å²) in [5.41, 5.74) is 9.60. The van der Waals surface area contributed by atoms with Crippen LogP contribution in [0.15, 0.2) is 50.9 Å². The molecule has 1 fully saturated rings. The van der Waals surface area contributed by atoms with Crippen LogP contribution in [0.2, 0.25) is 5.11 Å². The highest BCUT2D eigenvalue weighted by Gasteiger charge is 2.60. The molecular formula is C20H18B6N5OS. The second kappa shape index (κ2) is 8.91. The SMILES string of the molecule is [B]C([B])([B])C1(c2ccc(CN=C(N)C3=C(C=N)/C(=C(\C)C(C)=N)C(=N)S3)cc2)[B]OC1([B])[B]. The number of allylic oxidation sites excluding steroid dienone is 2. The first-order valence-electron chi connectivity index (χ1n) is 9.91. The van der Waals surface area contributed by atoms with Gasteiger partial charge in [-0.25, -0.2) is 0 Å². The largest absolute Gasteiger partial charge is 0.451 e. The molecule has 1 aromatic carbocycles. The zero-order valence-electron chi connectivity index (χ0n) is 18.4. The van der Waals surface area contributed by atoms with E-state index < -0.39 is 15.8 Å². The predicted molar refractivity (Wildman–Crippen MR) is 142 cm³/mol. The Balaban J connectivity index is 1.87. The summed E-state index contributed by atoms with van der Waals surface area (Å²) in [6.45, 7) is 3.64. The molecule has 0 amide bonds. The normalized spacial score (nSPS) is 24.2. The molecule has 1 atom stereocenters.